The predicted octanol–water partition coefficient (Wildman–Crippen LogP) is 7.93. The van der Waals surface area contributed by atoms with Crippen molar-refractivity contribution in [3.05, 3.63) is 28.3 Å². The summed E-state index contributed by atoms with van der Waals surface area (Å²) in [4.78, 5) is 12.1. The zero-order chi connectivity index (χ0) is 21.6. The van der Waals surface area contributed by atoms with E-state index in [1.54, 1.807) is 6.07 Å². The number of carbonyl (C=O) groups is 1. The number of carboxylic acids is 1. The second-order valence-corrected chi connectivity index (χ2v) is 9.57. The van der Waals surface area contributed by atoms with E-state index >= 15 is 0 Å². The summed E-state index contributed by atoms with van der Waals surface area (Å²) in [6.07, 6.45) is 13.1. The van der Waals surface area contributed by atoms with Gasteiger partial charge in [-0.05, 0) is 67.5 Å². The van der Waals surface area contributed by atoms with Gasteiger partial charge in [0.1, 0.15) is 5.75 Å². The Morgan fingerprint density at radius 2 is 1.52 bits per heavy atom. The molecule has 0 aromatic heterocycles. The van der Waals surface area contributed by atoms with Gasteiger partial charge in [-0.15, -0.1) is 0 Å². The number of thioether (sulfide) groups is 1. The molecular formula is C25H42O3S. The van der Waals surface area contributed by atoms with E-state index in [0.717, 1.165) is 61.0 Å². The molecule has 0 radical (unpaired) electrons. The number of aryl methyl sites for hydroxylation is 1. The minimum Gasteiger partial charge on any atom is -0.507 e. The van der Waals surface area contributed by atoms with Crippen molar-refractivity contribution in [2.75, 3.05) is 5.75 Å². The predicted molar refractivity (Wildman–Crippen MR) is 127 cm³/mol. The van der Waals surface area contributed by atoms with Crippen LogP contribution < -0.4 is 0 Å². The van der Waals surface area contributed by atoms with Crippen molar-refractivity contribution < 1.29 is 15.0 Å². The topological polar surface area (TPSA) is 57.5 Å². The molecule has 0 saturated carbocycles. The third-order valence-corrected chi connectivity index (χ3v) is 6.87. The highest BCUT2D eigenvalue weighted by Gasteiger charge is 2.24. The fourth-order valence-electron chi connectivity index (χ4n) is 3.84. The SMILES string of the molecule is CCCCCCCCSC(C)c1c(C(=O)O)cc(CCCC)c(O)c1CCCC. The van der Waals surface area contributed by atoms with Gasteiger partial charge in [0.25, 0.3) is 0 Å². The second kappa shape index (κ2) is 14.8. The number of benzene rings is 1. The molecule has 4 heteroatoms. The number of phenolic OH excluding ortho intramolecular Hbond substituents is 1. The number of hydrogen-bond acceptors (Lipinski definition) is 3. The average molecular weight is 423 g/mol. The van der Waals surface area contributed by atoms with Crippen LogP contribution in [-0.2, 0) is 12.8 Å². The van der Waals surface area contributed by atoms with Crippen molar-refractivity contribution in [2.45, 2.75) is 110 Å². The molecule has 29 heavy (non-hydrogen) atoms. The molecule has 3 nitrogen and oxygen atoms in total. The normalized spacial score (nSPS) is 12.3. The zero-order valence-corrected chi connectivity index (χ0v) is 19.9. The van der Waals surface area contributed by atoms with Crippen LogP contribution in [0, 0.1) is 0 Å². The Hall–Kier alpha value is -1.16. The number of aromatic carboxylic acids is 1. The van der Waals surface area contributed by atoms with Crippen LogP contribution >= 0.6 is 11.8 Å². The largest absolute Gasteiger partial charge is 0.507 e. The van der Waals surface area contributed by atoms with Crippen LogP contribution in [0.15, 0.2) is 6.07 Å². The first kappa shape index (κ1) is 25.9. The molecule has 0 aliphatic heterocycles. The molecule has 0 aliphatic carbocycles. The van der Waals surface area contributed by atoms with Gasteiger partial charge in [0.05, 0.1) is 5.56 Å². The molecule has 1 unspecified atom stereocenters. The van der Waals surface area contributed by atoms with Crippen molar-refractivity contribution in [1.29, 1.82) is 0 Å². The molecule has 1 atom stereocenters. The fraction of sp³-hybridized carbons (Fsp3) is 0.720. The molecule has 0 spiro atoms. The van der Waals surface area contributed by atoms with Gasteiger partial charge in [-0.3, -0.25) is 0 Å². The Morgan fingerprint density at radius 1 is 0.931 bits per heavy atom. The molecule has 2 N–H and O–H groups in total. The maximum atomic E-state index is 12.1. The lowest BCUT2D eigenvalue weighted by atomic mass is 9.89. The standard InChI is InChI=1S/C25H42O3S/c1-5-8-11-12-13-14-17-29-19(4)23-21(16-10-7-3)24(26)20(15-9-6-2)18-22(23)25(27)28/h18-19,26H,5-17H2,1-4H3,(H,27,28). The van der Waals surface area contributed by atoms with Gasteiger partial charge in [0.15, 0.2) is 0 Å². The summed E-state index contributed by atoms with van der Waals surface area (Å²) in [6, 6.07) is 1.74. The Bertz CT molecular complexity index is 613. The first-order valence-electron chi connectivity index (χ1n) is 11.7. The second-order valence-electron chi connectivity index (χ2n) is 8.12. The van der Waals surface area contributed by atoms with E-state index in [9.17, 15) is 15.0 Å². The average Bonchev–Trinajstić information content (AvgIpc) is 2.70. The van der Waals surface area contributed by atoms with Gasteiger partial charge in [-0.1, -0.05) is 65.7 Å². The monoisotopic (exact) mass is 422 g/mol. The first-order valence-corrected chi connectivity index (χ1v) is 12.7. The summed E-state index contributed by atoms with van der Waals surface area (Å²) in [5.74, 6) is 0.513. The number of hydrogen-bond donors (Lipinski definition) is 2. The van der Waals surface area contributed by atoms with Gasteiger partial charge in [0, 0.05) is 5.25 Å². The van der Waals surface area contributed by atoms with Crippen LogP contribution in [0.1, 0.15) is 124 Å². The summed E-state index contributed by atoms with van der Waals surface area (Å²) in [5, 5.41) is 21.0. The zero-order valence-electron chi connectivity index (χ0n) is 19.1. The van der Waals surface area contributed by atoms with Gasteiger partial charge in [0.2, 0.25) is 0 Å². The number of carboxylic acid groups (broad SMARTS) is 1. The van der Waals surface area contributed by atoms with E-state index in [2.05, 4.69) is 27.7 Å². The van der Waals surface area contributed by atoms with E-state index in [1.807, 2.05) is 11.8 Å². The summed E-state index contributed by atoms with van der Waals surface area (Å²) in [7, 11) is 0. The lowest BCUT2D eigenvalue weighted by Gasteiger charge is -2.22. The molecule has 0 aliphatic rings. The fourth-order valence-corrected chi connectivity index (χ4v) is 5.00. The molecule has 1 rings (SSSR count). The van der Waals surface area contributed by atoms with Crippen LogP contribution in [0.3, 0.4) is 0 Å². The molecule has 1 aromatic carbocycles. The quantitative estimate of drug-likeness (QED) is 0.265. The minimum absolute atomic E-state index is 0.0784. The smallest absolute Gasteiger partial charge is 0.336 e. The van der Waals surface area contributed by atoms with Gasteiger partial charge >= 0.3 is 5.97 Å². The highest BCUT2D eigenvalue weighted by Crippen LogP contribution is 2.40. The van der Waals surface area contributed by atoms with Crippen molar-refractivity contribution in [1.82, 2.24) is 0 Å². The summed E-state index contributed by atoms with van der Waals surface area (Å²) >= 11 is 1.83. The highest BCUT2D eigenvalue weighted by atomic mass is 32.2. The number of rotatable bonds is 16. The van der Waals surface area contributed by atoms with E-state index in [-0.39, 0.29) is 5.25 Å². The van der Waals surface area contributed by atoms with Gasteiger partial charge < -0.3 is 10.2 Å². The summed E-state index contributed by atoms with van der Waals surface area (Å²) in [5.41, 5.74) is 2.91. The number of unbranched alkanes of at least 4 members (excludes halogenated alkanes) is 7. The maximum absolute atomic E-state index is 12.1. The molecule has 0 saturated heterocycles. The maximum Gasteiger partial charge on any atom is 0.336 e. The number of aromatic hydroxyl groups is 1. The van der Waals surface area contributed by atoms with Crippen molar-refractivity contribution in [3.63, 3.8) is 0 Å². The van der Waals surface area contributed by atoms with Crippen molar-refractivity contribution >= 4 is 17.7 Å². The minimum atomic E-state index is -0.873. The van der Waals surface area contributed by atoms with Gasteiger partial charge in [-0.2, -0.15) is 11.8 Å². The Morgan fingerprint density at radius 3 is 2.14 bits per heavy atom. The Labute approximate surface area is 182 Å². The van der Waals surface area contributed by atoms with Crippen molar-refractivity contribution in [2.24, 2.45) is 0 Å². The summed E-state index contributed by atoms with van der Waals surface area (Å²) in [6.45, 7) is 8.58. The third-order valence-electron chi connectivity index (χ3n) is 5.61. The highest BCUT2D eigenvalue weighted by molar-refractivity contribution is 7.99. The molecule has 0 fully saturated rings. The first-order chi connectivity index (χ1) is 14.0. The molecule has 0 amide bonds. The van der Waals surface area contributed by atoms with E-state index in [1.165, 1.54) is 38.5 Å². The third kappa shape index (κ3) is 8.62. The van der Waals surface area contributed by atoms with Crippen molar-refractivity contribution in [3.8, 4) is 5.75 Å². The lowest BCUT2D eigenvalue weighted by molar-refractivity contribution is 0.0695. The van der Waals surface area contributed by atoms with Crippen LogP contribution in [0.2, 0.25) is 0 Å². The Balaban J connectivity index is 3.01. The molecule has 0 heterocycles. The van der Waals surface area contributed by atoms with Crippen LogP contribution in [0.5, 0.6) is 5.75 Å². The Kier molecular flexibility index (Phi) is 13.2. The van der Waals surface area contributed by atoms with Crippen LogP contribution in [-0.4, -0.2) is 21.9 Å². The molecular weight excluding hydrogens is 380 g/mol. The number of phenols is 1. The molecule has 0 bridgehead atoms. The van der Waals surface area contributed by atoms with E-state index < -0.39 is 5.97 Å². The molecule has 166 valence electrons. The lowest BCUT2D eigenvalue weighted by Crippen LogP contribution is -2.11. The van der Waals surface area contributed by atoms with E-state index in [0.29, 0.717) is 11.3 Å². The van der Waals surface area contributed by atoms with Gasteiger partial charge in [-0.25, -0.2) is 4.79 Å². The van der Waals surface area contributed by atoms with Crippen LogP contribution in [0.25, 0.3) is 0 Å². The molecule has 1 aromatic rings. The summed E-state index contributed by atoms with van der Waals surface area (Å²) < 4.78 is 0. The van der Waals surface area contributed by atoms with E-state index in [4.69, 9.17) is 0 Å². The van der Waals surface area contributed by atoms with Crippen LogP contribution in [0.4, 0.5) is 0 Å².